The van der Waals surface area contributed by atoms with Crippen molar-refractivity contribution in [3.63, 3.8) is 0 Å². The lowest BCUT2D eigenvalue weighted by Gasteiger charge is -2.55. The second kappa shape index (κ2) is 6.14. The maximum Gasteiger partial charge on any atom is 0.328 e. The van der Waals surface area contributed by atoms with Crippen LogP contribution in [0.3, 0.4) is 0 Å². The number of aromatic nitrogens is 1. The summed E-state index contributed by atoms with van der Waals surface area (Å²) in [4.78, 5) is 39.6. The molecule has 1 aromatic heterocycles. The van der Waals surface area contributed by atoms with Crippen molar-refractivity contribution in [3.8, 4) is 5.88 Å². The van der Waals surface area contributed by atoms with Gasteiger partial charge in [0.15, 0.2) is 11.2 Å². The molecule has 5 rings (SSSR count). The van der Waals surface area contributed by atoms with Crippen molar-refractivity contribution < 1.29 is 32.8 Å². The predicted molar refractivity (Wildman–Crippen MR) is 99.5 cm³/mol. The van der Waals surface area contributed by atoms with E-state index >= 15 is 4.39 Å². The first-order chi connectivity index (χ1) is 14.3. The molecule has 3 atom stereocenters. The standard InChI is InChI=1S/C19H19FN4O6/c1-7-6-24-12-9(4-10-13(11(12)20)30-23-15(10)28-3)5-19(14(24)8(2)29-7)16(25)21-18(27)22-17(19)26/h4,7-8,14H,5-6H2,1-3H3,(H2,21,22,25,26,27)/t7-,8+,14-/m1/s1. The van der Waals surface area contributed by atoms with Crippen LogP contribution < -0.4 is 20.3 Å². The van der Waals surface area contributed by atoms with Gasteiger partial charge in [-0.2, -0.15) is 0 Å². The molecule has 10 nitrogen and oxygen atoms in total. The van der Waals surface area contributed by atoms with Crippen LogP contribution in [0, 0.1) is 11.2 Å². The van der Waals surface area contributed by atoms with Gasteiger partial charge in [-0.1, -0.05) is 0 Å². The van der Waals surface area contributed by atoms with Crippen LogP contribution in [-0.4, -0.2) is 54.9 Å². The third-order valence-electron chi connectivity index (χ3n) is 6.13. The van der Waals surface area contributed by atoms with Gasteiger partial charge < -0.3 is 18.9 Å². The molecular weight excluding hydrogens is 399 g/mol. The van der Waals surface area contributed by atoms with Gasteiger partial charge in [0.25, 0.3) is 5.88 Å². The Morgan fingerprint density at radius 1 is 1.27 bits per heavy atom. The summed E-state index contributed by atoms with van der Waals surface area (Å²) in [5.74, 6) is -2.02. The van der Waals surface area contributed by atoms with Gasteiger partial charge in [-0.3, -0.25) is 20.2 Å². The minimum atomic E-state index is -1.68. The lowest BCUT2D eigenvalue weighted by atomic mass is 9.66. The van der Waals surface area contributed by atoms with Crippen molar-refractivity contribution in [2.45, 2.75) is 38.5 Å². The molecule has 30 heavy (non-hydrogen) atoms. The highest BCUT2D eigenvalue weighted by Gasteiger charge is 2.63. The molecule has 2 fully saturated rings. The van der Waals surface area contributed by atoms with E-state index in [1.165, 1.54) is 7.11 Å². The molecule has 0 radical (unpaired) electrons. The van der Waals surface area contributed by atoms with Crippen LogP contribution >= 0.6 is 0 Å². The van der Waals surface area contributed by atoms with Crippen LogP contribution in [0.4, 0.5) is 14.9 Å². The van der Waals surface area contributed by atoms with E-state index in [4.69, 9.17) is 14.0 Å². The van der Waals surface area contributed by atoms with Gasteiger partial charge >= 0.3 is 6.03 Å². The molecule has 3 aliphatic heterocycles. The Bertz CT molecular complexity index is 1090. The zero-order chi connectivity index (χ0) is 21.4. The molecule has 0 saturated carbocycles. The number of ether oxygens (including phenoxy) is 2. The van der Waals surface area contributed by atoms with Crippen molar-refractivity contribution in [1.29, 1.82) is 0 Å². The van der Waals surface area contributed by atoms with Crippen molar-refractivity contribution in [3.05, 3.63) is 17.4 Å². The second-order valence-corrected chi connectivity index (χ2v) is 7.90. The number of methoxy groups -OCH3 is 1. The van der Waals surface area contributed by atoms with E-state index in [0.717, 1.165) is 0 Å². The average molecular weight is 418 g/mol. The SMILES string of the molecule is COc1noc2c(F)c3c(cc12)CC1(C(=O)NC(=O)NC1=O)[C@H]1[C@H](C)O[C@H](C)CN31. The average Bonchev–Trinajstić information content (AvgIpc) is 3.08. The number of carbonyl (C=O) groups excluding carboxylic acids is 3. The Balaban J connectivity index is 1.79. The van der Waals surface area contributed by atoms with Crippen molar-refractivity contribution in [1.82, 2.24) is 15.8 Å². The number of fused-ring (bicyclic) bond motifs is 5. The normalized spacial score (nSPS) is 27.5. The first kappa shape index (κ1) is 18.8. The summed E-state index contributed by atoms with van der Waals surface area (Å²) in [6.07, 6.45) is -1.00. The first-order valence-corrected chi connectivity index (χ1v) is 9.51. The van der Waals surface area contributed by atoms with Gasteiger partial charge in [0, 0.05) is 13.0 Å². The van der Waals surface area contributed by atoms with Gasteiger partial charge in [-0.15, -0.1) is 0 Å². The number of morpholine rings is 1. The Kier molecular flexibility index (Phi) is 3.85. The number of imide groups is 2. The number of urea groups is 1. The van der Waals surface area contributed by atoms with Gasteiger partial charge in [0.2, 0.25) is 17.4 Å². The number of halogens is 1. The molecule has 158 valence electrons. The fourth-order valence-corrected chi connectivity index (χ4v) is 5.07. The Labute approximate surface area is 169 Å². The highest BCUT2D eigenvalue weighted by Crippen LogP contribution is 2.49. The molecule has 0 bridgehead atoms. The molecule has 3 aliphatic rings. The number of hydrogen-bond acceptors (Lipinski definition) is 8. The molecule has 1 aromatic carbocycles. The van der Waals surface area contributed by atoms with E-state index in [9.17, 15) is 14.4 Å². The van der Waals surface area contributed by atoms with Gasteiger partial charge in [0.1, 0.15) is 0 Å². The highest BCUT2D eigenvalue weighted by atomic mass is 19.1. The monoisotopic (exact) mass is 418 g/mol. The largest absolute Gasteiger partial charge is 0.478 e. The maximum absolute atomic E-state index is 15.6. The van der Waals surface area contributed by atoms with E-state index in [1.54, 1.807) is 17.9 Å². The number of amides is 4. The zero-order valence-electron chi connectivity index (χ0n) is 16.4. The quantitative estimate of drug-likeness (QED) is 0.654. The van der Waals surface area contributed by atoms with Crippen LogP contribution in [0.2, 0.25) is 0 Å². The summed E-state index contributed by atoms with van der Waals surface area (Å²) in [6, 6.07) is -0.0952. The molecule has 2 saturated heterocycles. The van der Waals surface area contributed by atoms with Crippen LogP contribution in [0.15, 0.2) is 10.6 Å². The molecule has 4 heterocycles. The number of hydrogen-bond donors (Lipinski definition) is 2. The molecule has 4 amide bonds. The fourth-order valence-electron chi connectivity index (χ4n) is 5.07. The molecule has 2 aromatic rings. The summed E-state index contributed by atoms with van der Waals surface area (Å²) >= 11 is 0. The fraction of sp³-hybridized carbons (Fsp3) is 0.474. The predicted octanol–water partition coefficient (Wildman–Crippen LogP) is 0.866. The van der Waals surface area contributed by atoms with Crippen molar-refractivity contribution >= 4 is 34.5 Å². The summed E-state index contributed by atoms with van der Waals surface area (Å²) in [5.41, 5.74) is -1.10. The molecule has 0 unspecified atom stereocenters. The number of benzene rings is 1. The van der Waals surface area contributed by atoms with E-state index < -0.39 is 41.2 Å². The summed E-state index contributed by atoms with van der Waals surface area (Å²) in [7, 11) is 1.38. The lowest BCUT2D eigenvalue weighted by molar-refractivity contribution is -0.153. The molecule has 0 aliphatic carbocycles. The topological polar surface area (TPSA) is 123 Å². The van der Waals surface area contributed by atoms with Crippen molar-refractivity contribution in [2.24, 2.45) is 5.41 Å². The van der Waals surface area contributed by atoms with Crippen LogP contribution in [0.1, 0.15) is 19.4 Å². The van der Waals surface area contributed by atoms with Gasteiger partial charge in [-0.25, -0.2) is 9.18 Å². The third-order valence-corrected chi connectivity index (χ3v) is 6.13. The first-order valence-electron chi connectivity index (χ1n) is 9.51. The number of barbiturate groups is 1. The van der Waals surface area contributed by atoms with Gasteiger partial charge in [0.05, 0.1) is 36.4 Å². The van der Waals surface area contributed by atoms with E-state index in [-0.39, 0.29) is 36.2 Å². The molecular formula is C19H19FN4O6. The number of nitrogens with zero attached hydrogens (tertiary/aromatic N) is 2. The third kappa shape index (κ3) is 2.26. The maximum atomic E-state index is 15.6. The zero-order valence-corrected chi connectivity index (χ0v) is 16.4. The summed E-state index contributed by atoms with van der Waals surface area (Å²) < 4.78 is 31.8. The number of rotatable bonds is 1. The Morgan fingerprint density at radius 2 is 1.97 bits per heavy atom. The minimum Gasteiger partial charge on any atom is -0.478 e. The van der Waals surface area contributed by atoms with Crippen LogP contribution in [-0.2, 0) is 20.7 Å². The van der Waals surface area contributed by atoms with Crippen molar-refractivity contribution in [2.75, 3.05) is 18.6 Å². The van der Waals surface area contributed by atoms with E-state index in [2.05, 4.69) is 15.8 Å². The molecule has 2 N–H and O–H groups in total. The minimum absolute atomic E-state index is 0.0696. The lowest BCUT2D eigenvalue weighted by Crippen LogP contribution is -2.75. The van der Waals surface area contributed by atoms with Gasteiger partial charge in [-0.05, 0) is 30.6 Å². The van der Waals surface area contributed by atoms with Crippen LogP contribution in [0.5, 0.6) is 5.88 Å². The van der Waals surface area contributed by atoms with E-state index in [0.29, 0.717) is 10.9 Å². The number of carbonyl (C=O) groups is 3. The summed E-state index contributed by atoms with van der Waals surface area (Å²) in [6.45, 7) is 3.79. The Morgan fingerprint density at radius 3 is 2.63 bits per heavy atom. The van der Waals surface area contributed by atoms with E-state index in [1.807, 2.05) is 6.92 Å². The number of anilines is 1. The molecule has 11 heteroatoms. The van der Waals surface area contributed by atoms with Crippen LogP contribution in [0.25, 0.3) is 11.0 Å². The number of nitrogens with one attached hydrogen (secondary N) is 2. The summed E-state index contributed by atoms with van der Waals surface area (Å²) in [5, 5.41) is 8.42. The smallest absolute Gasteiger partial charge is 0.328 e. The molecule has 1 spiro atoms. The Hall–Kier alpha value is -3.21. The second-order valence-electron chi connectivity index (χ2n) is 7.90. The highest BCUT2D eigenvalue weighted by molar-refractivity contribution is 6.20.